The van der Waals surface area contributed by atoms with Gasteiger partial charge in [0.15, 0.2) is 0 Å². The van der Waals surface area contributed by atoms with Gasteiger partial charge in [-0.25, -0.2) is 5.06 Å². The monoisotopic (exact) mass is 301 g/mol. The van der Waals surface area contributed by atoms with Crippen LogP contribution in [0.25, 0.3) is 0 Å². The van der Waals surface area contributed by atoms with E-state index in [-0.39, 0.29) is 6.04 Å². The first-order chi connectivity index (χ1) is 10.7. The van der Waals surface area contributed by atoms with E-state index in [1.807, 2.05) is 0 Å². The number of anilines is 1. The van der Waals surface area contributed by atoms with Crippen LogP contribution in [-0.2, 0) is 4.84 Å². The fourth-order valence-corrected chi connectivity index (χ4v) is 3.43. The van der Waals surface area contributed by atoms with E-state index in [4.69, 9.17) is 10.6 Å². The molecule has 0 aromatic heterocycles. The zero-order valence-electron chi connectivity index (χ0n) is 13.7. The molecule has 0 fully saturated rings. The average Bonchev–Trinajstić information content (AvgIpc) is 2.54. The number of nitrogens with zero attached hydrogens (tertiary/aromatic N) is 2. The molecule has 0 saturated carbocycles. The second-order valence-electron chi connectivity index (χ2n) is 6.50. The molecule has 3 rings (SSSR count). The molecule has 4 nitrogen and oxygen atoms in total. The highest BCUT2D eigenvalue weighted by molar-refractivity contribution is 5.63. The van der Waals surface area contributed by atoms with Gasteiger partial charge in [-0.3, -0.25) is 4.84 Å². The SMILES string of the molecule is CN(C)CCCON1C2=C(CCCC2)C(N)c2ccccc21. The van der Waals surface area contributed by atoms with Crippen LogP contribution in [0.15, 0.2) is 35.5 Å². The minimum absolute atomic E-state index is 0.0353. The van der Waals surface area contributed by atoms with Crippen molar-refractivity contribution < 1.29 is 4.84 Å². The summed E-state index contributed by atoms with van der Waals surface area (Å²) in [7, 11) is 4.19. The molecule has 1 heterocycles. The van der Waals surface area contributed by atoms with Gasteiger partial charge < -0.3 is 10.6 Å². The molecule has 1 aliphatic heterocycles. The van der Waals surface area contributed by atoms with Crippen molar-refractivity contribution in [3.05, 3.63) is 41.1 Å². The Morgan fingerprint density at radius 3 is 2.82 bits per heavy atom. The molecular weight excluding hydrogens is 274 g/mol. The molecule has 2 N–H and O–H groups in total. The van der Waals surface area contributed by atoms with Crippen LogP contribution >= 0.6 is 0 Å². The first-order valence-corrected chi connectivity index (χ1v) is 8.32. The fourth-order valence-electron chi connectivity index (χ4n) is 3.43. The Hall–Kier alpha value is -1.36. The lowest BCUT2D eigenvalue weighted by Gasteiger charge is -2.39. The van der Waals surface area contributed by atoms with Crippen molar-refractivity contribution in [1.29, 1.82) is 0 Å². The van der Waals surface area contributed by atoms with Crippen molar-refractivity contribution in [3.8, 4) is 0 Å². The molecule has 0 radical (unpaired) electrons. The third-order valence-electron chi connectivity index (χ3n) is 4.56. The van der Waals surface area contributed by atoms with Crippen molar-refractivity contribution in [1.82, 2.24) is 4.90 Å². The molecule has 22 heavy (non-hydrogen) atoms. The maximum absolute atomic E-state index is 6.51. The molecular formula is C18H27N3O. The van der Waals surface area contributed by atoms with Gasteiger partial charge >= 0.3 is 0 Å². The lowest BCUT2D eigenvalue weighted by atomic mass is 9.84. The van der Waals surface area contributed by atoms with Crippen molar-refractivity contribution in [3.63, 3.8) is 0 Å². The summed E-state index contributed by atoms with van der Waals surface area (Å²) in [5.74, 6) is 0. The molecule has 0 spiro atoms. The summed E-state index contributed by atoms with van der Waals surface area (Å²) in [6, 6.07) is 8.43. The van der Waals surface area contributed by atoms with Crippen molar-refractivity contribution in [2.24, 2.45) is 5.73 Å². The Morgan fingerprint density at radius 1 is 1.23 bits per heavy atom. The van der Waals surface area contributed by atoms with E-state index in [2.05, 4.69) is 48.3 Å². The Balaban J connectivity index is 1.82. The lowest BCUT2D eigenvalue weighted by molar-refractivity contribution is 0.111. The predicted molar refractivity (Wildman–Crippen MR) is 90.5 cm³/mol. The van der Waals surface area contributed by atoms with Crippen LogP contribution in [-0.4, -0.2) is 32.1 Å². The summed E-state index contributed by atoms with van der Waals surface area (Å²) in [5, 5.41) is 2.07. The molecule has 1 atom stereocenters. The second-order valence-corrected chi connectivity index (χ2v) is 6.50. The number of hydroxylamine groups is 1. The molecule has 1 aromatic rings. The lowest BCUT2D eigenvalue weighted by Crippen LogP contribution is -2.35. The number of nitrogens with two attached hydrogens (primary N) is 1. The van der Waals surface area contributed by atoms with Crippen molar-refractivity contribution >= 4 is 5.69 Å². The van der Waals surface area contributed by atoms with Gasteiger partial charge in [0.05, 0.1) is 18.3 Å². The molecule has 4 heteroatoms. The summed E-state index contributed by atoms with van der Waals surface area (Å²) >= 11 is 0. The van der Waals surface area contributed by atoms with Crippen LogP contribution < -0.4 is 10.8 Å². The maximum atomic E-state index is 6.51. The smallest absolute Gasteiger partial charge is 0.0765 e. The summed E-state index contributed by atoms with van der Waals surface area (Å²) in [5.41, 5.74) is 11.5. The first kappa shape index (κ1) is 15.5. The average molecular weight is 301 g/mol. The van der Waals surface area contributed by atoms with Gasteiger partial charge in [0.25, 0.3) is 0 Å². The van der Waals surface area contributed by atoms with E-state index < -0.39 is 0 Å². The van der Waals surface area contributed by atoms with E-state index in [9.17, 15) is 0 Å². The summed E-state index contributed by atoms with van der Waals surface area (Å²) < 4.78 is 0. The zero-order chi connectivity index (χ0) is 15.5. The van der Waals surface area contributed by atoms with Crippen LogP contribution in [0.5, 0.6) is 0 Å². The predicted octanol–water partition coefficient (Wildman–Crippen LogP) is 3.22. The Kier molecular flexibility index (Phi) is 4.81. The second kappa shape index (κ2) is 6.82. The molecule has 0 bridgehead atoms. The Bertz CT molecular complexity index is 553. The third kappa shape index (κ3) is 3.05. The largest absolute Gasteiger partial charge is 0.320 e. The van der Waals surface area contributed by atoms with Gasteiger partial charge in [-0.05, 0) is 69.9 Å². The van der Waals surface area contributed by atoms with Crippen molar-refractivity contribution in [2.75, 3.05) is 32.3 Å². The summed E-state index contributed by atoms with van der Waals surface area (Å²) in [6.45, 7) is 1.78. The number of benzene rings is 1. The van der Waals surface area contributed by atoms with Gasteiger partial charge in [0.1, 0.15) is 0 Å². The van der Waals surface area contributed by atoms with Crippen LogP contribution in [0, 0.1) is 0 Å². The van der Waals surface area contributed by atoms with E-state index in [0.29, 0.717) is 0 Å². The van der Waals surface area contributed by atoms with Gasteiger partial charge in [-0.2, -0.15) is 0 Å². The van der Waals surface area contributed by atoms with E-state index in [0.717, 1.165) is 38.1 Å². The molecule has 1 aromatic carbocycles. The number of para-hydroxylation sites is 1. The highest BCUT2D eigenvalue weighted by atomic mass is 16.7. The number of allylic oxidation sites excluding steroid dienone is 1. The Labute approximate surface area is 133 Å². The Morgan fingerprint density at radius 2 is 2.00 bits per heavy atom. The van der Waals surface area contributed by atoms with Gasteiger partial charge in [-0.1, -0.05) is 18.2 Å². The molecule has 120 valence electrons. The van der Waals surface area contributed by atoms with Gasteiger partial charge in [-0.15, -0.1) is 0 Å². The van der Waals surface area contributed by atoms with E-state index >= 15 is 0 Å². The number of hydrogen-bond donors (Lipinski definition) is 1. The maximum Gasteiger partial charge on any atom is 0.0765 e. The highest BCUT2D eigenvalue weighted by Gasteiger charge is 2.32. The van der Waals surface area contributed by atoms with E-state index in [1.54, 1.807) is 0 Å². The zero-order valence-corrected chi connectivity index (χ0v) is 13.7. The molecule has 1 aliphatic carbocycles. The molecule has 1 unspecified atom stereocenters. The van der Waals surface area contributed by atoms with Gasteiger partial charge in [0, 0.05) is 5.70 Å². The number of rotatable bonds is 5. The quantitative estimate of drug-likeness (QED) is 0.848. The van der Waals surface area contributed by atoms with E-state index in [1.165, 1.54) is 29.7 Å². The molecule has 2 aliphatic rings. The normalized spacial score (nSPS) is 21.1. The summed E-state index contributed by atoms with van der Waals surface area (Å²) in [6.07, 6.45) is 5.67. The van der Waals surface area contributed by atoms with Gasteiger partial charge in [0.2, 0.25) is 0 Å². The minimum Gasteiger partial charge on any atom is -0.320 e. The minimum atomic E-state index is 0.0353. The van der Waals surface area contributed by atoms with Crippen LogP contribution in [0.1, 0.15) is 43.7 Å². The van der Waals surface area contributed by atoms with Crippen LogP contribution in [0.2, 0.25) is 0 Å². The fraction of sp³-hybridized carbons (Fsp3) is 0.556. The number of hydrogen-bond acceptors (Lipinski definition) is 4. The van der Waals surface area contributed by atoms with Crippen molar-refractivity contribution in [2.45, 2.75) is 38.1 Å². The topological polar surface area (TPSA) is 41.7 Å². The molecule has 0 amide bonds. The number of fused-ring (bicyclic) bond motifs is 1. The highest BCUT2D eigenvalue weighted by Crippen LogP contribution is 2.44. The third-order valence-corrected chi connectivity index (χ3v) is 4.56. The van der Waals surface area contributed by atoms with Crippen LogP contribution in [0.3, 0.4) is 0 Å². The standard InChI is InChI=1S/C18H27N3O/c1-20(2)12-7-13-22-21-16-10-5-3-8-14(16)18(19)15-9-4-6-11-17(15)21/h3,5,8,10,18H,4,6-7,9,11-13,19H2,1-2H3. The first-order valence-electron chi connectivity index (χ1n) is 8.32. The molecule has 0 saturated heterocycles. The summed E-state index contributed by atoms with van der Waals surface area (Å²) in [4.78, 5) is 8.36. The van der Waals surface area contributed by atoms with Crippen LogP contribution in [0.4, 0.5) is 5.69 Å².